The zero-order chi connectivity index (χ0) is 30.2. The van der Waals surface area contributed by atoms with E-state index < -0.39 is 11.6 Å². The second-order valence-corrected chi connectivity index (χ2v) is 10.0. The van der Waals surface area contributed by atoms with Crippen molar-refractivity contribution < 1.29 is 21.2 Å². The number of halogens is 2. The van der Waals surface area contributed by atoms with Crippen LogP contribution in [0.5, 0.6) is 0 Å². The standard InChI is InChI=1S/C24H30F2N2O2.C7H15N.C2H6.CH4.2H2/c1-6-8-9-19(24(29)27-4)17-10-11-18(16(7-2)15(17)3)22-20(25)12-13-21(23(22)26)28-14-30-5;1-7-4-3-5-8(2)6-7;1-2;;;/h9-13,28H,6-8,14H2,1-5H3,(H,27,29);7H,3-6H2,1-2H3;1-2H3;1H4;2*1H/b19-9+;;;;;. The molecule has 1 aliphatic rings. The van der Waals surface area contributed by atoms with Crippen molar-refractivity contribution in [2.45, 2.75) is 81.1 Å². The third-order valence-corrected chi connectivity index (χ3v) is 6.98. The predicted molar refractivity (Wildman–Crippen MR) is 177 cm³/mol. The van der Waals surface area contributed by atoms with Crippen molar-refractivity contribution in [3.8, 4) is 11.1 Å². The number of benzene rings is 2. The molecular weight excluding hydrogens is 520 g/mol. The van der Waals surface area contributed by atoms with E-state index >= 15 is 4.39 Å². The van der Waals surface area contributed by atoms with Crippen LogP contribution in [0.2, 0.25) is 0 Å². The van der Waals surface area contributed by atoms with Crippen LogP contribution < -0.4 is 10.6 Å². The largest absolute Gasteiger partial charge is 0.365 e. The number of carbonyl (C=O) groups excluding carboxylic acids is 1. The molecule has 1 aliphatic heterocycles. The molecule has 1 amide bonds. The Bertz CT molecular complexity index is 1110. The number of carbonyl (C=O) groups is 1. The first-order valence-corrected chi connectivity index (χ1v) is 14.6. The number of allylic oxidation sites excluding steroid dienone is 1. The minimum atomic E-state index is -0.665. The Kier molecular flexibility index (Phi) is 18.8. The molecule has 2 aromatic rings. The first kappa shape index (κ1) is 38.2. The maximum absolute atomic E-state index is 15.2. The highest BCUT2D eigenvalue weighted by Crippen LogP contribution is 2.37. The molecule has 5 nitrogen and oxygen atoms in total. The van der Waals surface area contributed by atoms with Crippen LogP contribution in [-0.2, 0) is 16.0 Å². The van der Waals surface area contributed by atoms with E-state index in [1.165, 1.54) is 45.2 Å². The molecule has 2 aromatic carbocycles. The van der Waals surface area contributed by atoms with Gasteiger partial charge in [-0.05, 0) is 86.5 Å². The third kappa shape index (κ3) is 10.9. The highest BCUT2D eigenvalue weighted by Gasteiger charge is 2.22. The van der Waals surface area contributed by atoms with E-state index in [2.05, 4.69) is 29.5 Å². The van der Waals surface area contributed by atoms with Crippen molar-refractivity contribution in [2.24, 2.45) is 5.92 Å². The summed E-state index contributed by atoms with van der Waals surface area (Å²) in [6, 6.07) is 6.08. The zero-order valence-corrected chi connectivity index (χ0v) is 26.1. The van der Waals surface area contributed by atoms with Crippen LogP contribution in [0.25, 0.3) is 16.7 Å². The molecule has 2 N–H and O–H groups in total. The zero-order valence-electron chi connectivity index (χ0n) is 26.1. The minimum Gasteiger partial charge on any atom is -0.365 e. The SMILES string of the molecule is C.CC.CC1CCCN(C)C1.CCC/C=C(/C(=O)NC)c1ccc(-c2c(F)ccc(NCOC)c2F)c(CC)c1C.[HH].[HH]. The quantitative estimate of drug-likeness (QED) is 0.230. The van der Waals surface area contributed by atoms with Gasteiger partial charge >= 0.3 is 0 Å². The van der Waals surface area contributed by atoms with Gasteiger partial charge in [-0.15, -0.1) is 0 Å². The molecule has 0 spiro atoms. The number of methoxy groups -OCH3 is 1. The van der Waals surface area contributed by atoms with E-state index in [9.17, 15) is 9.18 Å². The highest BCUT2D eigenvalue weighted by atomic mass is 19.1. The van der Waals surface area contributed by atoms with E-state index in [0.29, 0.717) is 17.6 Å². The second kappa shape index (κ2) is 20.2. The number of ether oxygens (including phenoxy) is 1. The fourth-order valence-electron chi connectivity index (χ4n) is 5.00. The number of amides is 1. The monoisotopic (exact) mass is 579 g/mol. The van der Waals surface area contributed by atoms with Crippen LogP contribution in [0.4, 0.5) is 14.5 Å². The molecule has 0 radical (unpaired) electrons. The predicted octanol–water partition coefficient (Wildman–Crippen LogP) is 8.95. The Morgan fingerprint density at radius 1 is 1.20 bits per heavy atom. The lowest BCUT2D eigenvalue weighted by Gasteiger charge is -2.26. The maximum Gasteiger partial charge on any atom is 0.251 e. The van der Waals surface area contributed by atoms with Crippen LogP contribution >= 0.6 is 0 Å². The molecule has 1 unspecified atom stereocenters. The van der Waals surface area contributed by atoms with E-state index in [1.54, 1.807) is 19.2 Å². The Morgan fingerprint density at radius 2 is 1.88 bits per heavy atom. The van der Waals surface area contributed by atoms with E-state index in [-0.39, 0.29) is 34.2 Å². The molecule has 1 saturated heterocycles. The molecule has 1 atom stereocenters. The fourth-order valence-corrected chi connectivity index (χ4v) is 5.00. The topological polar surface area (TPSA) is 53.6 Å². The van der Waals surface area contributed by atoms with E-state index in [0.717, 1.165) is 35.4 Å². The van der Waals surface area contributed by atoms with E-state index in [4.69, 9.17) is 4.74 Å². The Labute approximate surface area is 251 Å². The summed E-state index contributed by atoms with van der Waals surface area (Å²) in [5.41, 5.74) is 3.58. The summed E-state index contributed by atoms with van der Waals surface area (Å²) in [4.78, 5) is 14.9. The highest BCUT2D eigenvalue weighted by molar-refractivity contribution is 6.20. The second-order valence-electron chi connectivity index (χ2n) is 10.0. The molecule has 236 valence electrons. The number of likely N-dealkylation sites (N-methyl/N-ethyl adjacent to an activating group) is 1. The first-order valence-electron chi connectivity index (χ1n) is 14.6. The van der Waals surface area contributed by atoms with Crippen molar-refractivity contribution in [1.29, 1.82) is 0 Å². The van der Waals surface area contributed by atoms with Gasteiger partial charge in [0, 0.05) is 29.1 Å². The van der Waals surface area contributed by atoms with Crippen LogP contribution in [0.15, 0.2) is 30.3 Å². The maximum atomic E-state index is 15.2. The number of hydrogen-bond donors (Lipinski definition) is 2. The van der Waals surface area contributed by atoms with Crippen molar-refractivity contribution in [3.05, 3.63) is 58.7 Å². The smallest absolute Gasteiger partial charge is 0.251 e. The average molecular weight is 580 g/mol. The molecule has 0 saturated carbocycles. The van der Waals surface area contributed by atoms with Crippen LogP contribution in [-0.4, -0.2) is 51.8 Å². The van der Waals surface area contributed by atoms with Crippen molar-refractivity contribution >= 4 is 17.2 Å². The van der Waals surface area contributed by atoms with Crippen LogP contribution in [0, 0.1) is 24.5 Å². The minimum absolute atomic E-state index is 0. The summed E-state index contributed by atoms with van der Waals surface area (Å²) < 4.78 is 34.8. The third-order valence-electron chi connectivity index (χ3n) is 6.98. The number of anilines is 1. The molecule has 0 bridgehead atoms. The summed E-state index contributed by atoms with van der Waals surface area (Å²) in [6.45, 7) is 14.9. The van der Waals surface area contributed by atoms with Gasteiger partial charge in [-0.2, -0.15) is 0 Å². The number of likely N-dealkylation sites (tertiary alicyclic amines) is 1. The lowest BCUT2D eigenvalue weighted by Crippen LogP contribution is -2.30. The van der Waals surface area contributed by atoms with Gasteiger partial charge in [0.1, 0.15) is 12.5 Å². The van der Waals surface area contributed by atoms with E-state index in [1.807, 2.05) is 40.7 Å². The number of hydrogen-bond acceptors (Lipinski definition) is 4. The molecule has 3 rings (SSSR count). The number of nitrogens with zero attached hydrogens (tertiary/aromatic N) is 1. The summed E-state index contributed by atoms with van der Waals surface area (Å²) in [5.74, 6) is -0.537. The lowest BCUT2D eigenvalue weighted by atomic mass is 9.87. The van der Waals surface area contributed by atoms with Gasteiger partial charge in [-0.3, -0.25) is 4.79 Å². The Balaban J connectivity index is -0.00000106. The van der Waals surface area contributed by atoms with Crippen molar-refractivity contribution in [2.75, 3.05) is 46.3 Å². The summed E-state index contributed by atoms with van der Waals surface area (Å²) >= 11 is 0. The summed E-state index contributed by atoms with van der Waals surface area (Å²) in [7, 11) is 5.29. The average Bonchev–Trinajstić information content (AvgIpc) is 2.95. The van der Waals surface area contributed by atoms with Gasteiger partial charge in [0.15, 0.2) is 5.82 Å². The number of rotatable bonds is 9. The van der Waals surface area contributed by atoms with Crippen LogP contribution in [0.1, 0.15) is 87.3 Å². The molecule has 41 heavy (non-hydrogen) atoms. The molecule has 1 fully saturated rings. The number of nitrogens with one attached hydrogen (secondary N) is 2. The van der Waals surface area contributed by atoms with Gasteiger partial charge < -0.3 is 20.3 Å². The molecule has 0 aliphatic carbocycles. The summed E-state index contributed by atoms with van der Waals surface area (Å²) in [6.07, 6.45) is 7.00. The molecule has 7 heteroatoms. The first-order chi connectivity index (χ1) is 19.2. The van der Waals surface area contributed by atoms with Crippen molar-refractivity contribution in [1.82, 2.24) is 10.2 Å². The number of unbranched alkanes of at least 4 members (excludes halogenated alkanes) is 1. The summed E-state index contributed by atoms with van der Waals surface area (Å²) in [5, 5.41) is 5.48. The molecule has 1 heterocycles. The normalized spacial score (nSPS) is 15.0. The van der Waals surface area contributed by atoms with Gasteiger partial charge in [0.25, 0.3) is 5.91 Å². The lowest BCUT2D eigenvalue weighted by molar-refractivity contribution is -0.115. The van der Waals surface area contributed by atoms with Crippen molar-refractivity contribution in [3.63, 3.8) is 0 Å². The fraction of sp³-hybridized carbons (Fsp3) is 0.559. The molecular formula is C34H59F2N3O2. The van der Waals surface area contributed by atoms with Gasteiger partial charge in [-0.25, -0.2) is 8.78 Å². The van der Waals surface area contributed by atoms with Gasteiger partial charge in [0.05, 0.1) is 11.3 Å². The van der Waals surface area contributed by atoms with Gasteiger partial charge in [-0.1, -0.05) is 66.7 Å². The Morgan fingerprint density at radius 3 is 2.39 bits per heavy atom. The number of piperidine rings is 1. The Hall–Kier alpha value is -2.77. The van der Waals surface area contributed by atoms with Crippen LogP contribution in [0.3, 0.4) is 0 Å². The molecule has 0 aromatic heterocycles. The van der Waals surface area contributed by atoms with Gasteiger partial charge in [0.2, 0.25) is 0 Å².